The van der Waals surface area contributed by atoms with Crippen molar-refractivity contribution in [3.05, 3.63) is 100 Å². The van der Waals surface area contributed by atoms with Crippen molar-refractivity contribution in [2.45, 2.75) is 13.3 Å². The maximum absolute atomic E-state index is 13.3. The molecule has 32 heavy (non-hydrogen) atoms. The van der Waals surface area contributed by atoms with E-state index < -0.39 is 10.8 Å². The van der Waals surface area contributed by atoms with Crippen molar-refractivity contribution in [2.24, 2.45) is 0 Å². The number of hydrogen-bond acceptors (Lipinski definition) is 6. The summed E-state index contributed by atoms with van der Waals surface area (Å²) >= 11 is 0. The number of aromatic nitrogens is 4. The number of ether oxygens (including phenoxy) is 1. The minimum atomic E-state index is -0.536. The molecule has 10 nitrogen and oxygen atoms in total. The van der Waals surface area contributed by atoms with Gasteiger partial charge in [0.2, 0.25) is 0 Å². The van der Waals surface area contributed by atoms with Gasteiger partial charge in [-0.2, -0.15) is 10.2 Å². The first-order chi connectivity index (χ1) is 15.5. The van der Waals surface area contributed by atoms with Gasteiger partial charge in [-0.3, -0.25) is 19.6 Å². The smallest absolute Gasteiger partial charge is 0.311 e. The second-order valence-corrected chi connectivity index (χ2v) is 6.75. The second kappa shape index (κ2) is 9.08. The number of halogens is 1. The summed E-state index contributed by atoms with van der Waals surface area (Å²) in [4.78, 5) is 23.0. The van der Waals surface area contributed by atoms with E-state index in [4.69, 9.17) is 4.74 Å². The fourth-order valence-electron chi connectivity index (χ4n) is 2.95. The van der Waals surface area contributed by atoms with Crippen LogP contribution in [0.25, 0.3) is 0 Å². The van der Waals surface area contributed by atoms with Crippen molar-refractivity contribution in [1.82, 2.24) is 19.6 Å². The molecule has 11 heteroatoms. The Balaban J connectivity index is 1.35. The van der Waals surface area contributed by atoms with E-state index in [1.807, 2.05) is 0 Å². The van der Waals surface area contributed by atoms with Crippen LogP contribution >= 0.6 is 0 Å². The number of benzene rings is 2. The maximum atomic E-state index is 13.3. The highest BCUT2D eigenvalue weighted by Crippen LogP contribution is 2.26. The van der Waals surface area contributed by atoms with Crippen LogP contribution < -0.4 is 10.1 Å². The third kappa shape index (κ3) is 4.95. The van der Waals surface area contributed by atoms with Crippen LogP contribution in [0.3, 0.4) is 0 Å². The molecule has 0 saturated heterocycles. The molecule has 0 aliphatic carbocycles. The average Bonchev–Trinajstić information content (AvgIpc) is 3.42. The number of para-hydroxylation sites is 2. The van der Waals surface area contributed by atoms with Gasteiger partial charge in [-0.1, -0.05) is 24.3 Å². The Kier molecular flexibility index (Phi) is 5.88. The van der Waals surface area contributed by atoms with Gasteiger partial charge in [0, 0.05) is 18.5 Å². The number of nitro groups is 1. The van der Waals surface area contributed by atoms with Gasteiger partial charge >= 0.3 is 5.69 Å². The van der Waals surface area contributed by atoms with Gasteiger partial charge in [0.15, 0.2) is 18.2 Å². The van der Waals surface area contributed by atoms with Gasteiger partial charge in [0.1, 0.15) is 5.82 Å². The highest BCUT2D eigenvalue weighted by molar-refractivity contribution is 6.02. The molecule has 0 fully saturated rings. The van der Waals surface area contributed by atoms with E-state index >= 15 is 0 Å². The molecule has 0 atom stereocenters. The van der Waals surface area contributed by atoms with Gasteiger partial charge in [-0.15, -0.1) is 0 Å². The molecule has 0 aliphatic rings. The summed E-state index contributed by atoms with van der Waals surface area (Å²) < 4.78 is 21.7. The molecule has 2 aromatic carbocycles. The van der Waals surface area contributed by atoms with Gasteiger partial charge in [0.25, 0.3) is 5.91 Å². The summed E-state index contributed by atoms with van der Waals surface area (Å²) in [6.07, 6.45) is 4.63. The highest BCUT2D eigenvalue weighted by atomic mass is 19.1. The number of nitrogens with zero attached hydrogens (tertiary/aromatic N) is 5. The van der Waals surface area contributed by atoms with Crippen LogP contribution in [-0.4, -0.2) is 30.4 Å². The molecule has 162 valence electrons. The standard InChI is InChI=1S/C21H17FN6O4/c22-16-5-3-4-15(10-16)12-27-13-17(11-23-27)24-21(29)18-8-9-26(25-18)14-32-20-7-2-1-6-19(20)28(30)31/h1-11,13H,12,14H2,(H,24,29). The monoisotopic (exact) mass is 436 g/mol. The Bertz CT molecular complexity index is 1270. The lowest BCUT2D eigenvalue weighted by atomic mass is 10.2. The van der Waals surface area contributed by atoms with Gasteiger partial charge in [-0.05, 0) is 29.8 Å². The summed E-state index contributed by atoms with van der Waals surface area (Å²) in [6.45, 7) is 0.245. The van der Waals surface area contributed by atoms with Crippen molar-refractivity contribution < 1.29 is 18.8 Å². The third-order valence-electron chi connectivity index (χ3n) is 4.41. The van der Waals surface area contributed by atoms with Crippen molar-refractivity contribution in [1.29, 1.82) is 0 Å². The topological polar surface area (TPSA) is 117 Å². The Labute approximate surface area is 181 Å². The first kappa shape index (κ1) is 20.7. The molecule has 0 unspecified atom stereocenters. The van der Waals surface area contributed by atoms with Crippen LogP contribution in [-0.2, 0) is 13.3 Å². The lowest BCUT2D eigenvalue weighted by Crippen LogP contribution is -2.14. The van der Waals surface area contributed by atoms with E-state index in [-0.39, 0.29) is 29.7 Å². The molecular formula is C21H17FN6O4. The van der Waals surface area contributed by atoms with E-state index in [9.17, 15) is 19.3 Å². The van der Waals surface area contributed by atoms with Crippen molar-refractivity contribution >= 4 is 17.3 Å². The fraction of sp³-hybridized carbons (Fsp3) is 0.0952. The molecule has 4 rings (SSSR count). The van der Waals surface area contributed by atoms with E-state index in [0.717, 1.165) is 5.56 Å². The maximum Gasteiger partial charge on any atom is 0.311 e. The Morgan fingerprint density at radius 3 is 2.81 bits per heavy atom. The van der Waals surface area contributed by atoms with E-state index in [0.29, 0.717) is 12.2 Å². The summed E-state index contributed by atoms with van der Waals surface area (Å²) in [6, 6.07) is 13.7. The quantitative estimate of drug-likeness (QED) is 0.334. The number of anilines is 1. The molecule has 2 heterocycles. The molecule has 1 amide bonds. The van der Waals surface area contributed by atoms with E-state index in [1.165, 1.54) is 47.4 Å². The molecule has 0 aliphatic heterocycles. The first-order valence-electron chi connectivity index (χ1n) is 9.46. The highest BCUT2D eigenvalue weighted by Gasteiger charge is 2.15. The lowest BCUT2D eigenvalue weighted by molar-refractivity contribution is -0.386. The van der Waals surface area contributed by atoms with Crippen LogP contribution in [0, 0.1) is 15.9 Å². The van der Waals surface area contributed by atoms with Crippen molar-refractivity contribution in [3.63, 3.8) is 0 Å². The number of carbonyl (C=O) groups excluding carboxylic acids is 1. The summed E-state index contributed by atoms with van der Waals surface area (Å²) in [5.74, 6) is -0.686. The first-order valence-corrected chi connectivity index (χ1v) is 9.46. The van der Waals surface area contributed by atoms with Crippen molar-refractivity contribution in [3.8, 4) is 5.75 Å². The molecule has 0 bridgehead atoms. The fourth-order valence-corrected chi connectivity index (χ4v) is 2.95. The third-order valence-corrected chi connectivity index (χ3v) is 4.41. The molecule has 0 saturated carbocycles. The zero-order valence-corrected chi connectivity index (χ0v) is 16.6. The number of rotatable bonds is 8. The number of nitrogens with one attached hydrogen (secondary N) is 1. The van der Waals surface area contributed by atoms with Crippen LogP contribution in [0.1, 0.15) is 16.1 Å². The largest absolute Gasteiger partial charge is 0.464 e. The normalized spacial score (nSPS) is 10.7. The number of hydrogen-bond donors (Lipinski definition) is 1. The summed E-state index contributed by atoms with van der Waals surface area (Å²) in [7, 11) is 0. The SMILES string of the molecule is O=C(Nc1cnn(Cc2cccc(F)c2)c1)c1ccn(COc2ccccc2[N+](=O)[O-])n1. The Morgan fingerprint density at radius 2 is 2.00 bits per heavy atom. The average molecular weight is 436 g/mol. The molecule has 0 radical (unpaired) electrons. The zero-order chi connectivity index (χ0) is 22.5. The van der Waals surface area contributed by atoms with Gasteiger partial charge < -0.3 is 10.1 Å². The van der Waals surface area contributed by atoms with Gasteiger partial charge in [0.05, 0.1) is 23.4 Å². The van der Waals surface area contributed by atoms with Crippen LogP contribution in [0.4, 0.5) is 15.8 Å². The predicted octanol–water partition coefficient (Wildman–Crippen LogP) is 3.46. The molecule has 2 aromatic heterocycles. The van der Waals surface area contributed by atoms with E-state index in [2.05, 4.69) is 15.5 Å². The molecular weight excluding hydrogens is 419 g/mol. The zero-order valence-electron chi connectivity index (χ0n) is 16.6. The minimum Gasteiger partial charge on any atom is -0.464 e. The summed E-state index contributed by atoms with van der Waals surface area (Å²) in [5, 5.41) is 22.0. The Hall–Kier alpha value is -4.54. The van der Waals surface area contributed by atoms with Gasteiger partial charge in [-0.25, -0.2) is 9.07 Å². The minimum absolute atomic E-state index is 0.102. The molecule has 0 spiro atoms. The lowest BCUT2D eigenvalue weighted by Gasteiger charge is -2.06. The van der Waals surface area contributed by atoms with Crippen LogP contribution in [0.5, 0.6) is 5.75 Å². The number of carbonyl (C=O) groups is 1. The predicted molar refractivity (Wildman–Crippen MR) is 112 cm³/mol. The number of nitro benzene ring substituents is 1. The van der Waals surface area contributed by atoms with Crippen LogP contribution in [0.2, 0.25) is 0 Å². The summed E-state index contributed by atoms with van der Waals surface area (Å²) in [5.41, 5.74) is 1.17. The van der Waals surface area contributed by atoms with E-state index in [1.54, 1.807) is 35.1 Å². The number of amides is 1. The molecule has 4 aromatic rings. The Morgan fingerprint density at radius 1 is 1.16 bits per heavy atom. The van der Waals surface area contributed by atoms with Crippen LogP contribution in [0.15, 0.2) is 73.2 Å². The van der Waals surface area contributed by atoms with Crippen molar-refractivity contribution in [2.75, 3.05) is 5.32 Å². The molecule has 1 N–H and O–H groups in total. The second-order valence-electron chi connectivity index (χ2n) is 6.75.